The van der Waals surface area contributed by atoms with Crippen LogP contribution >= 0.6 is 0 Å². The fraction of sp³-hybridized carbons (Fsp3) is 0.154. The number of nitrogens with one attached hydrogen (secondary N) is 1. The van der Waals surface area contributed by atoms with Gasteiger partial charge >= 0.3 is 0 Å². The van der Waals surface area contributed by atoms with Gasteiger partial charge in [0.25, 0.3) is 0 Å². The molecule has 0 bridgehead atoms. The summed E-state index contributed by atoms with van der Waals surface area (Å²) in [7, 11) is 0.500. The summed E-state index contributed by atoms with van der Waals surface area (Å²) in [6, 6.07) is 12.1. The lowest BCUT2D eigenvalue weighted by atomic mass is 10.2. The van der Waals surface area contributed by atoms with Gasteiger partial charge in [0.05, 0.1) is 19.2 Å². The van der Waals surface area contributed by atoms with Crippen molar-refractivity contribution in [3.63, 3.8) is 0 Å². The van der Waals surface area contributed by atoms with Crippen molar-refractivity contribution in [3.05, 3.63) is 54.9 Å². The van der Waals surface area contributed by atoms with Gasteiger partial charge in [-0.2, -0.15) is 5.48 Å². The van der Waals surface area contributed by atoms with E-state index in [2.05, 4.69) is 27.4 Å². The van der Waals surface area contributed by atoms with Gasteiger partial charge in [-0.3, -0.25) is 9.37 Å². The quantitative estimate of drug-likeness (QED) is 0.761. The van der Waals surface area contributed by atoms with Crippen LogP contribution in [0.1, 0.15) is 0 Å². The van der Waals surface area contributed by atoms with Crippen LogP contribution in [0.3, 0.4) is 0 Å². The molecule has 4 heteroatoms. The summed E-state index contributed by atoms with van der Waals surface area (Å²) in [6.07, 6.45) is 5.34. The molecule has 17 heavy (non-hydrogen) atoms. The Morgan fingerprint density at radius 2 is 1.94 bits per heavy atom. The van der Waals surface area contributed by atoms with Crippen LogP contribution in [0.2, 0.25) is 0 Å². The molecule has 0 unspecified atom stereocenters. The molecule has 0 fully saturated rings. The molecule has 1 N–H and O–H groups in total. The molecule has 0 spiro atoms. The fourth-order valence-electron chi connectivity index (χ4n) is 1.26. The molecule has 1 aliphatic rings. The average Bonchev–Trinajstić information content (AvgIpc) is 3.00. The molecular weight excluding hydrogens is 219 g/mol. The van der Waals surface area contributed by atoms with Crippen molar-refractivity contribution >= 4 is 10.9 Å². The summed E-state index contributed by atoms with van der Waals surface area (Å²) >= 11 is 0. The molecule has 0 saturated heterocycles. The Labute approximate surface area is 99.9 Å². The third kappa shape index (κ3) is 4.61. The number of halogens is 1. The van der Waals surface area contributed by atoms with Crippen LogP contribution in [-0.4, -0.2) is 18.7 Å². The first-order chi connectivity index (χ1) is 8.47. The smallest absolute Gasteiger partial charge is 0.108 e. The predicted octanol–water partition coefficient (Wildman–Crippen LogP) is 2.86. The number of para-hydroxylation sites is 1. The molecule has 0 amide bonds. The number of benzene rings is 1. The number of hydrogen-bond donors (Lipinski definition) is 1. The van der Waals surface area contributed by atoms with Crippen molar-refractivity contribution < 1.29 is 9.23 Å². The van der Waals surface area contributed by atoms with E-state index in [0.29, 0.717) is 7.18 Å². The van der Waals surface area contributed by atoms with Crippen molar-refractivity contribution in [2.75, 3.05) is 13.7 Å². The zero-order chi connectivity index (χ0) is 12.3. The minimum atomic E-state index is 0.500. The van der Waals surface area contributed by atoms with E-state index in [1.54, 1.807) is 6.26 Å². The van der Waals surface area contributed by atoms with E-state index in [4.69, 9.17) is 0 Å². The number of fused-ring (bicyclic) bond motifs is 1. The van der Waals surface area contributed by atoms with Gasteiger partial charge < -0.3 is 4.84 Å². The molecule has 2 heterocycles. The molecule has 1 aromatic carbocycles. The topological polar surface area (TPSA) is 34.1 Å². The Morgan fingerprint density at radius 3 is 2.53 bits per heavy atom. The van der Waals surface area contributed by atoms with Crippen LogP contribution in [0.25, 0.3) is 10.9 Å². The highest BCUT2D eigenvalue weighted by molar-refractivity contribution is 5.77. The maximum Gasteiger partial charge on any atom is 0.108 e. The maximum atomic E-state index is 9.50. The standard InChI is InChI=1S/C9H7N.C3H5NO.CH3F/c1-2-6-9-8(4-1)5-3-7-10-9;1-2-4-5-3-1;1-2/h1-7H;1,3-4H,2H2;1H3. The van der Waals surface area contributed by atoms with E-state index in [0.717, 1.165) is 12.1 Å². The van der Waals surface area contributed by atoms with Gasteiger partial charge in [-0.25, -0.2) is 0 Å². The van der Waals surface area contributed by atoms with Gasteiger partial charge in [0.15, 0.2) is 0 Å². The number of hydrogen-bond acceptors (Lipinski definition) is 3. The molecule has 90 valence electrons. The molecule has 2 aromatic rings. The highest BCUT2D eigenvalue weighted by atomic mass is 19.1. The number of alkyl halides is 1. The van der Waals surface area contributed by atoms with Crippen molar-refractivity contribution in [1.29, 1.82) is 0 Å². The first-order valence-electron chi connectivity index (χ1n) is 5.18. The van der Waals surface area contributed by atoms with Crippen LogP contribution in [0, 0.1) is 0 Å². The van der Waals surface area contributed by atoms with E-state index >= 15 is 0 Å². The number of pyridine rings is 1. The monoisotopic (exact) mass is 234 g/mol. The molecular formula is C13H15FN2O. The lowest BCUT2D eigenvalue weighted by Crippen LogP contribution is -2.02. The summed E-state index contributed by atoms with van der Waals surface area (Å²) in [5.74, 6) is 0. The fourth-order valence-corrected chi connectivity index (χ4v) is 1.26. The predicted molar refractivity (Wildman–Crippen MR) is 67.0 cm³/mol. The van der Waals surface area contributed by atoms with Gasteiger partial charge in [0, 0.05) is 11.6 Å². The van der Waals surface area contributed by atoms with Crippen molar-refractivity contribution in [2.45, 2.75) is 0 Å². The van der Waals surface area contributed by atoms with E-state index < -0.39 is 0 Å². The average molecular weight is 234 g/mol. The first kappa shape index (κ1) is 13.1. The third-order valence-electron chi connectivity index (χ3n) is 1.96. The second-order valence-corrected chi connectivity index (χ2v) is 3.03. The number of rotatable bonds is 0. The zero-order valence-corrected chi connectivity index (χ0v) is 9.64. The van der Waals surface area contributed by atoms with E-state index in [9.17, 15) is 4.39 Å². The Balaban J connectivity index is 0.000000175. The molecule has 3 nitrogen and oxygen atoms in total. The summed E-state index contributed by atoms with van der Waals surface area (Å²) in [5, 5.41) is 1.20. The molecule has 0 saturated carbocycles. The van der Waals surface area contributed by atoms with Gasteiger partial charge in [-0.1, -0.05) is 24.3 Å². The second-order valence-electron chi connectivity index (χ2n) is 3.03. The molecule has 3 rings (SSSR count). The number of hydroxylamine groups is 1. The molecule has 0 aliphatic carbocycles. The second kappa shape index (κ2) is 8.24. The van der Waals surface area contributed by atoms with Gasteiger partial charge in [0.1, 0.15) is 6.26 Å². The van der Waals surface area contributed by atoms with Gasteiger partial charge in [-0.15, -0.1) is 0 Å². The highest BCUT2D eigenvalue weighted by Gasteiger charge is 1.86. The maximum absolute atomic E-state index is 9.50. The number of nitrogens with zero attached hydrogens (tertiary/aromatic N) is 1. The van der Waals surface area contributed by atoms with E-state index in [-0.39, 0.29) is 0 Å². The Hall–Kier alpha value is -1.94. The highest BCUT2D eigenvalue weighted by Crippen LogP contribution is 2.07. The van der Waals surface area contributed by atoms with Crippen molar-refractivity contribution in [2.24, 2.45) is 0 Å². The Bertz CT molecular complexity index is 388. The summed E-state index contributed by atoms with van der Waals surface area (Å²) in [5.41, 5.74) is 3.67. The minimum Gasteiger partial charge on any atom is -0.417 e. The third-order valence-corrected chi connectivity index (χ3v) is 1.96. The summed E-state index contributed by atoms with van der Waals surface area (Å²) < 4.78 is 9.50. The van der Waals surface area contributed by atoms with Crippen molar-refractivity contribution in [1.82, 2.24) is 10.5 Å². The Kier molecular flexibility index (Phi) is 6.36. The lowest BCUT2D eigenvalue weighted by molar-refractivity contribution is 0.168. The SMILES string of the molecule is C1=CONC1.CF.c1ccc2ncccc2c1. The Morgan fingerprint density at radius 1 is 1.18 bits per heavy atom. The van der Waals surface area contributed by atoms with Crippen LogP contribution in [0.4, 0.5) is 4.39 Å². The van der Waals surface area contributed by atoms with Crippen molar-refractivity contribution in [3.8, 4) is 0 Å². The van der Waals surface area contributed by atoms with E-state index in [1.165, 1.54) is 5.39 Å². The van der Waals surface area contributed by atoms with Crippen LogP contribution in [-0.2, 0) is 4.84 Å². The van der Waals surface area contributed by atoms with Gasteiger partial charge in [-0.05, 0) is 18.2 Å². The largest absolute Gasteiger partial charge is 0.417 e. The normalized spacial score (nSPS) is 11.9. The first-order valence-corrected chi connectivity index (χ1v) is 5.18. The van der Waals surface area contributed by atoms with Crippen LogP contribution < -0.4 is 5.48 Å². The zero-order valence-electron chi connectivity index (χ0n) is 9.64. The molecule has 0 atom stereocenters. The molecule has 0 radical (unpaired) electrons. The minimum absolute atomic E-state index is 0.500. The summed E-state index contributed by atoms with van der Waals surface area (Å²) in [4.78, 5) is 8.70. The van der Waals surface area contributed by atoms with Crippen LogP contribution in [0.15, 0.2) is 54.9 Å². The summed E-state index contributed by atoms with van der Waals surface area (Å²) in [6.45, 7) is 0.847. The number of aromatic nitrogens is 1. The van der Waals surface area contributed by atoms with Crippen LogP contribution in [0.5, 0.6) is 0 Å². The molecule has 1 aliphatic heterocycles. The lowest BCUT2D eigenvalue weighted by Gasteiger charge is -1.91. The van der Waals surface area contributed by atoms with E-state index in [1.807, 2.05) is 36.5 Å². The molecule has 1 aromatic heterocycles. The van der Waals surface area contributed by atoms with Gasteiger partial charge in [0.2, 0.25) is 0 Å².